The molecule has 2 rings (SSSR count). The van der Waals surface area contributed by atoms with Gasteiger partial charge in [-0.25, -0.2) is 0 Å². The lowest BCUT2D eigenvalue weighted by atomic mass is 10.0. The van der Waals surface area contributed by atoms with E-state index in [0.29, 0.717) is 29.4 Å². The quantitative estimate of drug-likeness (QED) is 0.841. The zero-order valence-corrected chi connectivity index (χ0v) is 10.6. The summed E-state index contributed by atoms with van der Waals surface area (Å²) >= 11 is 0. The average Bonchev–Trinajstić information content (AvgIpc) is 2.40. The third-order valence-electron chi connectivity index (χ3n) is 3.16. The fourth-order valence-electron chi connectivity index (χ4n) is 2.08. The highest BCUT2D eigenvalue weighted by atomic mass is 16.5. The van der Waals surface area contributed by atoms with Crippen molar-refractivity contribution in [2.24, 2.45) is 5.92 Å². The van der Waals surface area contributed by atoms with E-state index in [2.05, 4.69) is 10.3 Å². The summed E-state index contributed by atoms with van der Waals surface area (Å²) in [6, 6.07) is 1.66. The van der Waals surface area contributed by atoms with Crippen molar-refractivity contribution in [3.8, 4) is 0 Å². The molecule has 1 unspecified atom stereocenters. The van der Waals surface area contributed by atoms with Crippen LogP contribution in [0.2, 0.25) is 0 Å². The van der Waals surface area contributed by atoms with Crippen molar-refractivity contribution in [2.45, 2.75) is 19.8 Å². The van der Waals surface area contributed by atoms with Gasteiger partial charge in [0.05, 0.1) is 29.7 Å². The molecule has 1 aliphatic heterocycles. The summed E-state index contributed by atoms with van der Waals surface area (Å²) < 4.78 is 5.38. The second kappa shape index (κ2) is 5.82. The van der Waals surface area contributed by atoms with Crippen LogP contribution in [0.5, 0.6) is 0 Å². The third-order valence-corrected chi connectivity index (χ3v) is 3.16. The van der Waals surface area contributed by atoms with Crippen molar-refractivity contribution < 1.29 is 9.53 Å². The van der Waals surface area contributed by atoms with E-state index in [1.807, 2.05) is 0 Å². The van der Waals surface area contributed by atoms with Gasteiger partial charge in [-0.3, -0.25) is 9.78 Å². The van der Waals surface area contributed by atoms with Gasteiger partial charge in [-0.15, -0.1) is 0 Å². The van der Waals surface area contributed by atoms with Crippen molar-refractivity contribution in [1.29, 1.82) is 0 Å². The Morgan fingerprint density at radius 1 is 1.67 bits per heavy atom. The summed E-state index contributed by atoms with van der Waals surface area (Å²) in [4.78, 5) is 16.1. The molecule has 98 valence electrons. The molecule has 5 nitrogen and oxygen atoms in total. The number of nitrogens with zero attached hydrogens (tertiary/aromatic N) is 1. The van der Waals surface area contributed by atoms with Gasteiger partial charge in [-0.2, -0.15) is 0 Å². The molecule has 0 saturated carbocycles. The standard InChI is InChI=1S/C13H19N3O2/c1-9-12(5-11(14)7-15-9)13(17)16-6-10-3-2-4-18-8-10/h5,7,10H,2-4,6,8,14H2,1H3,(H,16,17). The summed E-state index contributed by atoms with van der Waals surface area (Å²) in [7, 11) is 0. The van der Waals surface area contributed by atoms with Crippen LogP contribution >= 0.6 is 0 Å². The van der Waals surface area contributed by atoms with E-state index in [0.717, 1.165) is 26.1 Å². The molecule has 1 aliphatic rings. The van der Waals surface area contributed by atoms with Crippen LogP contribution in [-0.4, -0.2) is 30.6 Å². The summed E-state index contributed by atoms with van der Waals surface area (Å²) in [6.45, 7) is 4.02. The topological polar surface area (TPSA) is 77.2 Å². The van der Waals surface area contributed by atoms with Gasteiger partial charge in [0, 0.05) is 13.2 Å². The molecular formula is C13H19N3O2. The lowest BCUT2D eigenvalue weighted by Gasteiger charge is -2.22. The fraction of sp³-hybridized carbons (Fsp3) is 0.538. The molecule has 1 fully saturated rings. The first-order valence-corrected chi connectivity index (χ1v) is 6.25. The van der Waals surface area contributed by atoms with E-state index in [4.69, 9.17) is 10.5 Å². The number of nitrogens with one attached hydrogen (secondary N) is 1. The van der Waals surface area contributed by atoms with E-state index >= 15 is 0 Å². The maximum atomic E-state index is 12.0. The number of carbonyl (C=O) groups is 1. The van der Waals surface area contributed by atoms with Crippen LogP contribution in [0.25, 0.3) is 0 Å². The highest BCUT2D eigenvalue weighted by Gasteiger charge is 2.16. The molecule has 1 atom stereocenters. The minimum absolute atomic E-state index is 0.113. The molecule has 18 heavy (non-hydrogen) atoms. The summed E-state index contributed by atoms with van der Waals surface area (Å²) in [5, 5.41) is 2.92. The van der Waals surface area contributed by atoms with E-state index in [-0.39, 0.29) is 5.91 Å². The summed E-state index contributed by atoms with van der Waals surface area (Å²) in [5.74, 6) is 0.301. The second-order valence-corrected chi connectivity index (χ2v) is 4.69. The molecule has 0 radical (unpaired) electrons. The first-order valence-electron chi connectivity index (χ1n) is 6.25. The second-order valence-electron chi connectivity index (χ2n) is 4.69. The van der Waals surface area contributed by atoms with Crippen molar-refractivity contribution in [3.05, 3.63) is 23.5 Å². The highest BCUT2D eigenvalue weighted by molar-refractivity contribution is 5.95. The Balaban J connectivity index is 1.92. The van der Waals surface area contributed by atoms with Gasteiger partial charge in [0.15, 0.2) is 0 Å². The van der Waals surface area contributed by atoms with E-state index in [1.165, 1.54) is 0 Å². The van der Waals surface area contributed by atoms with Gasteiger partial charge < -0.3 is 15.8 Å². The Hall–Kier alpha value is -1.62. The van der Waals surface area contributed by atoms with Crippen molar-refractivity contribution in [3.63, 3.8) is 0 Å². The molecule has 0 aliphatic carbocycles. The first-order chi connectivity index (χ1) is 8.66. The minimum Gasteiger partial charge on any atom is -0.397 e. The molecular weight excluding hydrogens is 230 g/mol. The molecule has 0 aromatic carbocycles. The summed E-state index contributed by atoms with van der Waals surface area (Å²) in [6.07, 6.45) is 3.73. The molecule has 1 aromatic rings. The normalized spacial score (nSPS) is 19.5. The van der Waals surface area contributed by atoms with Crippen LogP contribution in [0, 0.1) is 12.8 Å². The Morgan fingerprint density at radius 3 is 3.22 bits per heavy atom. The van der Waals surface area contributed by atoms with Gasteiger partial charge in [0.25, 0.3) is 5.91 Å². The Bertz CT molecular complexity index is 428. The first kappa shape index (κ1) is 12.8. The van der Waals surface area contributed by atoms with E-state index in [1.54, 1.807) is 19.2 Å². The van der Waals surface area contributed by atoms with E-state index < -0.39 is 0 Å². The molecule has 2 heterocycles. The molecule has 0 spiro atoms. The van der Waals surface area contributed by atoms with Gasteiger partial charge in [0.1, 0.15) is 0 Å². The highest BCUT2D eigenvalue weighted by Crippen LogP contribution is 2.13. The van der Waals surface area contributed by atoms with Gasteiger partial charge in [-0.05, 0) is 31.7 Å². The SMILES string of the molecule is Cc1ncc(N)cc1C(=O)NCC1CCCOC1. The van der Waals surface area contributed by atoms with Gasteiger partial charge >= 0.3 is 0 Å². The molecule has 1 saturated heterocycles. The Kier molecular flexibility index (Phi) is 4.15. The predicted octanol–water partition coefficient (Wildman–Crippen LogP) is 1.13. The number of aromatic nitrogens is 1. The smallest absolute Gasteiger partial charge is 0.253 e. The number of anilines is 1. The number of ether oxygens (including phenoxy) is 1. The largest absolute Gasteiger partial charge is 0.397 e. The molecule has 3 N–H and O–H groups in total. The van der Waals surface area contributed by atoms with Crippen LogP contribution in [-0.2, 0) is 4.74 Å². The van der Waals surface area contributed by atoms with Crippen LogP contribution in [0.3, 0.4) is 0 Å². The number of amides is 1. The number of nitrogen functional groups attached to an aromatic ring is 1. The zero-order valence-electron chi connectivity index (χ0n) is 10.6. The maximum Gasteiger partial charge on any atom is 0.253 e. The minimum atomic E-state index is -0.113. The molecule has 0 bridgehead atoms. The molecule has 1 aromatic heterocycles. The molecule has 5 heteroatoms. The molecule has 1 amide bonds. The van der Waals surface area contributed by atoms with Crippen molar-refractivity contribution >= 4 is 11.6 Å². The number of rotatable bonds is 3. The third kappa shape index (κ3) is 3.20. The van der Waals surface area contributed by atoms with Crippen LogP contribution in [0.1, 0.15) is 28.9 Å². The van der Waals surface area contributed by atoms with Gasteiger partial charge in [0.2, 0.25) is 0 Å². The zero-order chi connectivity index (χ0) is 13.0. The van der Waals surface area contributed by atoms with Gasteiger partial charge in [-0.1, -0.05) is 0 Å². The number of hydrogen-bond acceptors (Lipinski definition) is 4. The Morgan fingerprint density at radius 2 is 2.50 bits per heavy atom. The lowest BCUT2D eigenvalue weighted by Crippen LogP contribution is -2.33. The van der Waals surface area contributed by atoms with Crippen LogP contribution < -0.4 is 11.1 Å². The Labute approximate surface area is 107 Å². The lowest BCUT2D eigenvalue weighted by molar-refractivity contribution is 0.0536. The predicted molar refractivity (Wildman–Crippen MR) is 69.3 cm³/mol. The van der Waals surface area contributed by atoms with Crippen molar-refractivity contribution in [2.75, 3.05) is 25.5 Å². The fourth-order valence-corrected chi connectivity index (χ4v) is 2.08. The van der Waals surface area contributed by atoms with Crippen LogP contribution in [0.4, 0.5) is 5.69 Å². The number of nitrogens with two attached hydrogens (primary N) is 1. The maximum absolute atomic E-state index is 12.0. The number of carbonyl (C=O) groups excluding carboxylic acids is 1. The monoisotopic (exact) mass is 249 g/mol. The van der Waals surface area contributed by atoms with E-state index in [9.17, 15) is 4.79 Å². The van der Waals surface area contributed by atoms with Crippen LogP contribution in [0.15, 0.2) is 12.3 Å². The average molecular weight is 249 g/mol. The van der Waals surface area contributed by atoms with Crippen molar-refractivity contribution in [1.82, 2.24) is 10.3 Å². The number of aryl methyl sites for hydroxylation is 1. The number of pyridine rings is 1. The number of hydrogen-bond donors (Lipinski definition) is 2. The summed E-state index contributed by atoms with van der Waals surface area (Å²) in [5.41, 5.74) is 7.39.